The maximum Gasteiger partial charge on any atom is 0.164 e. The fraction of sp³-hybridized carbons (Fsp3) is 0. The summed E-state index contributed by atoms with van der Waals surface area (Å²) in [6, 6.07) is 51.1. The Labute approximate surface area is 334 Å². The molecule has 3 aromatic heterocycles. The van der Waals surface area contributed by atoms with E-state index in [0.29, 0.717) is 23.0 Å². The molecule has 11 aromatic rings. The monoisotopic (exact) mass is 738 g/mol. The SMILES string of the molecule is [2H]c1c([2H])c([2H])c(-c2cccc3c2sc2c(-c4ccc(-c5nc(-c6ccccc6)nc(-c6ccc7c(c6)oc6ccccc67)n5)cc4-c4ccccc4)cccc23)c([2H])c1[2H]. The quantitative estimate of drug-likeness (QED) is 0.170. The number of para-hydroxylation sites is 1. The Morgan fingerprint density at radius 2 is 0.946 bits per heavy atom. The largest absolute Gasteiger partial charge is 0.456 e. The van der Waals surface area contributed by atoms with Gasteiger partial charge < -0.3 is 4.42 Å². The fourth-order valence-electron chi connectivity index (χ4n) is 7.60. The Bertz CT molecular complexity index is 3520. The third-order valence-electron chi connectivity index (χ3n) is 10.3. The van der Waals surface area contributed by atoms with Crippen LogP contribution in [0.5, 0.6) is 0 Å². The first kappa shape index (κ1) is 27.4. The maximum atomic E-state index is 8.76. The average molecular weight is 739 g/mol. The third-order valence-corrected chi connectivity index (χ3v) is 11.5. The van der Waals surface area contributed by atoms with E-state index >= 15 is 0 Å². The molecule has 0 N–H and O–H groups in total. The van der Waals surface area contributed by atoms with Crippen molar-refractivity contribution in [3.8, 4) is 67.5 Å². The van der Waals surface area contributed by atoms with Gasteiger partial charge in [0.15, 0.2) is 17.5 Å². The van der Waals surface area contributed by atoms with Gasteiger partial charge in [-0.25, -0.2) is 15.0 Å². The first-order valence-corrected chi connectivity index (χ1v) is 19.1. The molecule has 11 rings (SSSR count). The molecule has 0 bridgehead atoms. The molecule has 8 aromatic carbocycles. The first-order chi connectivity index (χ1) is 29.8. The highest BCUT2D eigenvalue weighted by molar-refractivity contribution is 7.26. The van der Waals surface area contributed by atoms with E-state index in [1.54, 1.807) is 11.3 Å². The summed E-state index contributed by atoms with van der Waals surface area (Å²) in [5.41, 5.74) is 8.91. The lowest BCUT2D eigenvalue weighted by Crippen LogP contribution is -2.00. The van der Waals surface area contributed by atoms with Gasteiger partial charge in [0, 0.05) is 53.2 Å². The smallest absolute Gasteiger partial charge is 0.164 e. The van der Waals surface area contributed by atoms with Crippen molar-refractivity contribution < 1.29 is 11.3 Å². The summed E-state index contributed by atoms with van der Waals surface area (Å²) in [5, 5.41) is 4.06. The Morgan fingerprint density at radius 1 is 0.375 bits per heavy atom. The number of hydrogen-bond donors (Lipinski definition) is 0. The van der Waals surface area contributed by atoms with Gasteiger partial charge in [0.2, 0.25) is 0 Å². The normalized spacial score (nSPS) is 12.8. The Balaban J connectivity index is 1.10. The van der Waals surface area contributed by atoms with Crippen molar-refractivity contribution in [3.63, 3.8) is 0 Å². The van der Waals surface area contributed by atoms with Gasteiger partial charge in [-0.15, -0.1) is 11.3 Å². The molecule has 0 aliphatic rings. The van der Waals surface area contributed by atoms with Crippen LogP contribution >= 0.6 is 11.3 Å². The van der Waals surface area contributed by atoms with Gasteiger partial charge in [-0.2, -0.15) is 0 Å². The van der Waals surface area contributed by atoms with E-state index < -0.39 is 6.04 Å². The van der Waals surface area contributed by atoms with Crippen LogP contribution in [0.1, 0.15) is 6.85 Å². The van der Waals surface area contributed by atoms with Crippen LogP contribution in [-0.4, -0.2) is 15.0 Å². The summed E-state index contributed by atoms with van der Waals surface area (Å²) in [7, 11) is 0. The molecule has 5 heteroatoms. The minimum atomic E-state index is -0.407. The zero-order chi connectivity index (χ0) is 41.4. The first-order valence-electron chi connectivity index (χ1n) is 20.8. The molecule has 0 atom stereocenters. The number of rotatable bonds is 6. The average Bonchev–Trinajstić information content (AvgIpc) is 3.89. The number of fused-ring (bicyclic) bond motifs is 6. The van der Waals surface area contributed by atoms with Gasteiger partial charge in [0.05, 0.1) is 6.85 Å². The highest BCUT2D eigenvalue weighted by Crippen LogP contribution is 2.46. The van der Waals surface area contributed by atoms with Crippen LogP contribution in [0.4, 0.5) is 0 Å². The van der Waals surface area contributed by atoms with Gasteiger partial charge in [-0.1, -0.05) is 164 Å². The predicted octanol–water partition coefficient (Wildman–Crippen LogP) is 14.1. The minimum Gasteiger partial charge on any atom is -0.456 e. The highest BCUT2D eigenvalue weighted by Gasteiger charge is 2.19. The van der Waals surface area contributed by atoms with Crippen LogP contribution in [0.25, 0.3) is 110 Å². The summed E-state index contributed by atoms with van der Waals surface area (Å²) >= 11 is 1.57. The van der Waals surface area contributed by atoms with Crippen LogP contribution in [-0.2, 0) is 0 Å². The molecule has 0 unspecified atom stereocenters. The zero-order valence-corrected chi connectivity index (χ0v) is 30.5. The second-order valence-electron chi connectivity index (χ2n) is 13.6. The van der Waals surface area contributed by atoms with E-state index in [2.05, 4.69) is 54.6 Å². The van der Waals surface area contributed by atoms with Gasteiger partial charge in [-0.05, 0) is 52.1 Å². The van der Waals surface area contributed by atoms with Crippen molar-refractivity contribution >= 4 is 53.4 Å². The molecule has 0 radical (unpaired) electrons. The van der Waals surface area contributed by atoms with Crippen molar-refractivity contribution in [2.75, 3.05) is 0 Å². The molecular weight excluding hydrogens is 703 g/mol. The number of hydrogen-bond acceptors (Lipinski definition) is 5. The lowest BCUT2D eigenvalue weighted by atomic mass is 9.91. The molecule has 0 saturated heterocycles. The second kappa shape index (κ2) is 13.3. The number of aromatic nitrogens is 3. The molecule has 0 amide bonds. The van der Waals surface area contributed by atoms with Crippen molar-refractivity contribution in [2.24, 2.45) is 0 Å². The molecule has 262 valence electrons. The van der Waals surface area contributed by atoms with Crippen molar-refractivity contribution in [2.45, 2.75) is 0 Å². The van der Waals surface area contributed by atoms with E-state index in [9.17, 15) is 0 Å². The molecule has 4 nitrogen and oxygen atoms in total. The molecule has 0 aliphatic carbocycles. The van der Waals surface area contributed by atoms with E-state index in [4.69, 9.17) is 26.2 Å². The third kappa shape index (κ3) is 5.48. The van der Waals surface area contributed by atoms with Crippen molar-refractivity contribution in [1.29, 1.82) is 0 Å². The standard InChI is InChI=1S/C51H31N3OS/c1-4-14-32(15-5-1)37-21-12-23-42-43-24-13-22-41(48(43)56-47(37)42)38-28-26-35(30-44(38)33-16-6-2-7-17-33)50-52-49(34-18-8-3-9-19-34)53-51(54-50)36-27-29-40-39-20-10-11-25-45(39)55-46(40)31-36/h1-31H/i1D,4D,5D,14D,15D. The predicted molar refractivity (Wildman–Crippen MR) is 233 cm³/mol. The van der Waals surface area contributed by atoms with E-state index in [1.807, 2.05) is 103 Å². The van der Waals surface area contributed by atoms with Gasteiger partial charge in [0.1, 0.15) is 11.2 Å². The molecular formula is C51H31N3OS. The van der Waals surface area contributed by atoms with Crippen molar-refractivity contribution in [1.82, 2.24) is 15.0 Å². The molecule has 0 aliphatic heterocycles. The molecule has 0 saturated carbocycles. The molecule has 56 heavy (non-hydrogen) atoms. The fourth-order valence-corrected chi connectivity index (χ4v) is 8.95. The lowest BCUT2D eigenvalue weighted by molar-refractivity contribution is 0.669. The summed E-state index contributed by atoms with van der Waals surface area (Å²) in [5.74, 6) is 1.61. The summed E-state index contributed by atoms with van der Waals surface area (Å²) < 4.78 is 50.6. The van der Waals surface area contributed by atoms with Crippen molar-refractivity contribution in [3.05, 3.63) is 188 Å². The Kier molecular flexibility index (Phi) is 6.49. The van der Waals surface area contributed by atoms with Crippen LogP contribution < -0.4 is 0 Å². The number of nitrogens with zero attached hydrogens (tertiary/aromatic N) is 3. The number of benzene rings is 8. The second-order valence-corrected chi connectivity index (χ2v) is 14.6. The topological polar surface area (TPSA) is 51.8 Å². The Hall–Kier alpha value is -7.21. The van der Waals surface area contributed by atoms with Crippen LogP contribution in [0.3, 0.4) is 0 Å². The summed E-state index contributed by atoms with van der Waals surface area (Å²) in [6.45, 7) is 0. The number of thiophene rings is 1. The van der Waals surface area contributed by atoms with E-state index in [-0.39, 0.29) is 29.7 Å². The van der Waals surface area contributed by atoms with Crippen LogP contribution in [0, 0.1) is 0 Å². The zero-order valence-electron chi connectivity index (χ0n) is 34.7. The van der Waals surface area contributed by atoms with Gasteiger partial charge in [-0.3, -0.25) is 0 Å². The van der Waals surface area contributed by atoms with Gasteiger partial charge in [0.25, 0.3) is 0 Å². The summed E-state index contributed by atoms with van der Waals surface area (Å²) in [6.07, 6.45) is 0. The lowest BCUT2D eigenvalue weighted by Gasteiger charge is -2.14. The van der Waals surface area contributed by atoms with Gasteiger partial charge >= 0.3 is 0 Å². The van der Waals surface area contributed by atoms with Crippen LogP contribution in [0.2, 0.25) is 0 Å². The van der Waals surface area contributed by atoms with Crippen LogP contribution in [0.15, 0.2) is 192 Å². The summed E-state index contributed by atoms with van der Waals surface area (Å²) in [4.78, 5) is 15.2. The minimum absolute atomic E-state index is 0.197. The van der Waals surface area contributed by atoms with E-state index in [0.717, 1.165) is 81.1 Å². The highest BCUT2D eigenvalue weighted by atomic mass is 32.1. The molecule has 3 heterocycles. The Morgan fingerprint density at radius 3 is 1.70 bits per heavy atom. The molecule has 0 fully saturated rings. The maximum absolute atomic E-state index is 8.76. The molecule has 0 spiro atoms. The number of furan rings is 1. The van der Waals surface area contributed by atoms with E-state index in [1.165, 1.54) is 0 Å².